The number of hydrogen-bond acceptors (Lipinski definition) is 4. The predicted octanol–water partition coefficient (Wildman–Crippen LogP) is 3.90. The predicted molar refractivity (Wildman–Crippen MR) is 123 cm³/mol. The lowest BCUT2D eigenvalue weighted by atomic mass is 9.57. The molecule has 6 heteroatoms. The van der Waals surface area contributed by atoms with Gasteiger partial charge in [0, 0.05) is 51.2 Å². The Kier molecular flexibility index (Phi) is 6.40. The molecular weight excluding hydrogens is 402 g/mol. The summed E-state index contributed by atoms with van der Waals surface area (Å²) in [7, 11) is 0. The van der Waals surface area contributed by atoms with E-state index in [1.165, 1.54) is 19.3 Å². The molecule has 1 spiro atoms. The maximum atomic E-state index is 13.1. The summed E-state index contributed by atoms with van der Waals surface area (Å²) in [6.45, 7) is 5.84. The second-order valence-electron chi connectivity index (χ2n) is 10.4. The van der Waals surface area contributed by atoms with Crippen LogP contribution in [-0.2, 0) is 16.1 Å². The fraction of sp³-hybridized carbons (Fsp3) is 0.692. The van der Waals surface area contributed by atoms with Gasteiger partial charge in [0.15, 0.2) is 0 Å². The molecule has 5 rings (SSSR count). The summed E-state index contributed by atoms with van der Waals surface area (Å²) in [4.78, 5) is 32.2. The molecule has 4 aliphatic rings. The van der Waals surface area contributed by atoms with Crippen molar-refractivity contribution in [2.45, 2.75) is 64.0 Å². The summed E-state index contributed by atoms with van der Waals surface area (Å²) in [5.41, 5.74) is 1.28. The topological polar surface area (TPSA) is 53.1 Å². The van der Waals surface area contributed by atoms with Crippen LogP contribution in [0.25, 0.3) is 0 Å². The second kappa shape index (κ2) is 9.42. The summed E-state index contributed by atoms with van der Waals surface area (Å²) in [6, 6.07) is 10.6. The van der Waals surface area contributed by atoms with Crippen molar-refractivity contribution >= 4 is 12.0 Å². The lowest BCUT2D eigenvalue weighted by Crippen LogP contribution is -2.53. The van der Waals surface area contributed by atoms with Crippen molar-refractivity contribution in [2.75, 3.05) is 39.3 Å². The minimum Gasteiger partial charge on any atom is -0.445 e. The van der Waals surface area contributed by atoms with Crippen molar-refractivity contribution in [2.24, 2.45) is 11.3 Å². The lowest BCUT2D eigenvalue weighted by molar-refractivity contribution is -0.145. The van der Waals surface area contributed by atoms with Gasteiger partial charge in [0.2, 0.25) is 5.91 Å². The zero-order valence-corrected chi connectivity index (χ0v) is 19.2. The minimum atomic E-state index is -0.212. The van der Waals surface area contributed by atoms with E-state index in [-0.39, 0.29) is 17.4 Å². The summed E-state index contributed by atoms with van der Waals surface area (Å²) < 4.78 is 5.50. The van der Waals surface area contributed by atoms with Crippen molar-refractivity contribution in [3.63, 3.8) is 0 Å². The van der Waals surface area contributed by atoms with Gasteiger partial charge in [0.25, 0.3) is 0 Å². The van der Waals surface area contributed by atoms with Gasteiger partial charge in [-0.3, -0.25) is 9.69 Å². The van der Waals surface area contributed by atoms with E-state index < -0.39 is 0 Å². The maximum Gasteiger partial charge on any atom is 0.410 e. The number of carbonyl (C=O) groups is 2. The van der Waals surface area contributed by atoms with E-state index in [9.17, 15) is 9.59 Å². The largest absolute Gasteiger partial charge is 0.445 e. The van der Waals surface area contributed by atoms with E-state index in [0.29, 0.717) is 12.5 Å². The first-order chi connectivity index (χ1) is 15.6. The van der Waals surface area contributed by atoms with E-state index >= 15 is 0 Å². The zero-order chi connectivity index (χ0) is 22.0. The van der Waals surface area contributed by atoms with Gasteiger partial charge >= 0.3 is 6.09 Å². The maximum absolute atomic E-state index is 13.1. The molecule has 4 fully saturated rings. The van der Waals surface area contributed by atoms with Crippen LogP contribution in [-0.4, -0.2) is 72.0 Å². The van der Waals surface area contributed by atoms with Gasteiger partial charge in [-0.2, -0.15) is 0 Å². The summed E-state index contributed by atoms with van der Waals surface area (Å²) in [6.07, 6.45) is 8.95. The van der Waals surface area contributed by atoms with Crippen LogP contribution in [0.2, 0.25) is 0 Å². The molecule has 0 aromatic heterocycles. The Morgan fingerprint density at radius 1 is 0.875 bits per heavy atom. The molecule has 2 aliphatic carbocycles. The Labute approximate surface area is 191 Å². The van der Waals surface area contributed by atoms with Gasteiger partial charge in [-0.25, -0.2) is 4.79 Å². The van der Waals surface area contributed by atoms with Crippen molar-refractivity contribution in [1.82, 2.24) is 14.7 Å². The van der Waals surface area contributed by atoms with Crippen LogP contribution in [0, 0.1) is 11.3 Å². The van der Waals surface area contributed by atoms with E-state index in [0.717, 1.165) is 83.0 Å². The van der Waals surface area contributed by atoms with Crippen molar-refractivity contribution in [3.8, 4) is 0 Å². The highest BCUT2D eigenvalue weighted by Gasteiger charge is 2.50. The van der Waals surface area contributed by atoms with E-state index in [4.69, 9.17) is 4.74 Å². The average Bonchev–Trinajstić information content (AvgIpc) is 3.01. The molecule has 0 atom stereocenters. The Balaban J connectivity index is 1.04. The number of ether oxygens (including phenoxy) is 1. The number of carbonyl (C=O) groups excluding carboxylic acids is 2. The highest BCUT2D eigenvalue weighted by atomic mass is 16.6. The molecule has 0 bridgehead atoms. The number of hydrogen-bond donors (Lipinski definition) is 0. The third-order valence-electron chi connectivity index (χ3n) is 8.43. The van der Waals surface area contributed by atoms with Crippen LogP contribution < -0.4 is 0 Å². The summed E-state index contributed by atoms with van der Waals surface area (Å²) in [5, 5.41) is 0. The second-order valence-corrected chi connectivity index (χ2v) is 10.4. The van der Waals surface area contributed by atoms with Gasteiger partial charge in [-0.05, 0) is 55.9 Å². The summed E-state index contributed by atoms with van der Waals surface area (Å²) in [5.74, 6) is 0.581. The standard InChI is InChI=1S/C26H37N3O3/c30-24(28-13-5-12-27(16-17-28)23-8-4-9-23)22-18-26(19-22)10-14-29(15-11-26)25(31)32-20-21-6-2-1-3-7-21/h1-3,6-7,22-23H,4-5,8-20H2. The van der Waals surface area contributed by atoms with Crippen LogP contribution in [0.4, 0.5) is 4.79 Å². The molecule has 0 unspecified atom stereocenters. The molecule has 2 aliphatic heterocycles. The van der Waals surface area contributed by atoms with E-state index in [2.05, 4.69) is 9.80 Å². The average molecular weight is 440 g/mol. The fourth-order valence-electron chi connectivity index (χ4n) is 6.08. The molecule has 1 aromatic rings. The molecule has 2 heterocycles. The quantitative estimate of drug-likeness (QED) is 0.714. The van der Waals surface area contributed by atoms with Gasteiger partial charge in [-0.15, -0.1) is 0 Å². The highest BCUT2D eigenvalue weighted by molar-refractivity contribution is 5.80. The monoisotopic (exact) mass is 439 g/mol. The first-order valence-corrected chi connectivity index (χ1v) is 12.6. The number of nitrogens with zero attached hydrogens (tertiary/aromatic N) is 3. The third-order valence-corrected chi connectivity index (χ3v) is 8.43. The Morgan fingerprint density at radius 3 is 2.31 bits per heavy atom. The number of likely N-dealkylation sites (tertiary alicyclic amines) is 1. The molecule has 6 nitrogen and oxygen atoms in total. The van der Waals surface area contributed by atoms with Crippen LogP contribution in [0.15, 0.2) is 30.3 Å². The molecule has 2 amide bonds. The van der Waals surface area contributed by atoms with Crippen LogP contribution >= 0.6 is 0 Å². The SMILES string of the molecule is O=C(OCc1ccccc1)N1CCC2(CC1)CC(C(=O)N1CCCN(C3CCC3)CC1)C2. The fourth-order valence-corrected chi connectivity index (χ4v) is 6.08. The molecule has 0 radical (unpaired) electrons. The van der Waals surface area contributed by atoms with Crippen LogP contribution in [0.1, 0.15) is 56.9 Å². The van der Waals surface area contributed by atoms with Crippen molar-refractivity contribution < 1.29 is 14.3 Å². The molecule has 2 saturated heterocycles. The molecule has 2 saturated carbocycles. The van der Waals surface area contributed by atoms with Gasteiger partial charge in [-0.1, -0.05) is 36.8 Å². The van der Waals surface area contributed by atoms with E-state index in [1.807, 2.05) is 35.2 Å². The molecule has 0 N–H and O–H groups in total. The number of rotatable bonds is 4. The van der Waals surface area contributed by atoms with Gasteiger partial charge in [0.05, 0.1) is 0 Å². The Bertz CT molecular complexity index is 794. The Morgan fingerprint density at radius 2 is 1.62 bits per heavy atom. The van der Waals surface area contributed by atoms with Crippen LogP contribution in [0.3, 0.4) is 0 Å². The molecule has 32 heavy (non-hydrogen) atoms. The number of piperidine rings is 1. The molecular formula is C26H37N3O3. The van der Waals surface area contributed by atoms with Gasteiger partial charge < -0.3 is 14.5 Å². The summed E-state index contributed by atoms with van der Waals surface area (Å²) >= 11 is 0. The molecule has 1 aromatic carbocycles. The van der Waals surface area contributed by atoms with E-state index in [1.54, 1.807) is 0 Å². The normalized spacial score (nSPS) is 24.5. The minimum absolute atomic E-state index is 0.196. The number of benzene rings is 1. The zero-order valence-electron chi connectivity index (χ0n) is 19.2. The Hall–Kier alpha value is -2.08. The molecule has 174 valence electrons. The van der Waals surface area contributed by atoms with Crippen LogP contribution in [0.5, 0.6) is 0 Å². The first-order valence-electron chi connectivity index (χ1n) is 12.6. The van der Waals surface area contributed by atoms with Crippen molar-refractivity contribution in [3.05, 3.63) is 35.9 Å². The lowest BCUT2D eigenvalue weighted by Gasteiger charge is -2.52. The van der Waals surface area contributed by atoms with Gasteiger partial charge in [0.1, 0.15) is 6.61 Å². The first kappa shape index (κ1) is 21.7. The smallest absolute Gasteiger partial charge is 0.410 e. The highest BCUT2D eigenvalue weighted by Crippen LogP contribution is 2.53. The van der Waals surface area contributed by atoms with Crippen molar-refractivity contribution in [1.29, 1.82) is 0 Å². The number of amides is 2. The third kappa shape index (κ3) is 4.66.